The summed E-state index contributed by atoms with van der Waals surface area (Å²) in [4.78, 5) is 8.89. The number of methoxy groups -OCH3 is 1. The predicted molar refractivity (Wildman–Crippen MR) is 68.5 cm³/mol. The van der Waals surface area contributed by atoms with Crippen molar-refractivity contribution < 1.29 is 9.47 Å². The van der Waals surface area contributed by atoms with Gasteiger partial charge < -0.3 is 14.9 Å². The van der Waals surface area contributed by atoms with Crippen molar-refractivity contribution in [1.82, 2.24) is 9.97 Å². The van der Waals surface area contributed by atoms with Crippen LogP contribution in [-0.4, -0.2) is 29.8 Å². The number of nitrogens with two attached hydrogens (primary N) is 1. The van der Waals surface area contributed by atoms with Gasteiger partial charge in [-0.2, -0.15) is 4.98 Å². The summed E-state index contributed by atoms with van der Waals surface area (Å²) in [5.74, 6) is 7.97. The summed E-state index contributed by atoms with van der Waals surface area (Å²) in [6.45, 7) is 4.35. The number of hydrogen-bond donors (Lipinski definition) is 2. The van der Waals surface area contributed by atoms with Gasteiger partial charge in [0.1, 0.15) is 17.7 Å². The molecule has 0 amide bonds. The average Bonchev–Trinajstić information content (AvgIpc) is 3.16. The van der Waals surface area contributed by atoms with Gasteiger partial charge in [-0.1, -0.05) is 0 Å². The second kappa shape index (κ2) is 5.49. The van der Waals surface area contributed by atoms with Crippen molar-refractivity contribution in [3.8, 4) is 5.88 Å². The number of hydrogen-bond acceptors (Lipinski definition) is 6. The van der Waals surface area contributed by atoms with E-state index in [1.807, 2.05) is 13.8 Å². The molecule has 1 heterocycles. The molecule has 1 aromatic heterocycles. The second-order valence-corrected chi connectivity index (χ2v) is 4.66. The van der Waals surface area contributed by atoms with E-state index in [1.165, 1.54) is 0 Å². The third kappa shape index (κ3) is 2.88. The van der Waals surface area contributed by atoms with Gasteiger partial charge >= 0.3 is 0 Å². The van der Waals surface area contributed by atoms with Gasteiger partial charge in [-0.3, -0.25) is 0 Å². The van der Waals surface area contributed by atoms with Gasteiger partial charge in [0.05, 0.1) is 12.2 Å². The average molecular weight is 252 g/mol. The summed E-state index contributed by atoms with van der Waals surface area (Å²) in [6.07, 6.45) is 2.22. The van der Waals surface area contributed by atoms with E-state index >= 15 is 0 Å². The van der Waals surface area contributed by atoms with Gasteiger partial charge in [0, 0.05) is 13.0 Å². The summed E-state index contributed by atoms with van der Waals surface area (Å²) in [7, 11) is 1.65. The molecule has 100 valence electrons. The highest BCUT2D eigenvalue weighted by molar-refractivity contribution is 5.48. The number of aromatic nitrogens is 2. The van der Waals surface area contributed by atoms with Gasteiger partial charge in [0.2, 0.25) is 5.88 Å². The van der Waals surface area contributed by atoms with Gasteiger partial charge in [-0.05, 0) is 26.7 Å². The minimum absolute atomic E-state index is 0.0544. The Morgan fingerprint density at radius 1 is 1.44 bits per heavy atom. The Balaban J connectivity index is 2.23. The molecule has 1 aliphatic carbocycles. The number of nitrogens with zero attached hydrogens (tertiary/aromatic N) is 2. The minimum atomic E-state index is -0.0544. The Kier molecular flexibility index (Phi) is 3.98. The molecule has 1 saturated carbocycles. The fourth-order valence-electron chi connectivity index (χ4n) is 1.75. The summed E-state index contributed by atoms with van der Waals surface area (Å²) in [6, 6.07) is 0. The van der Waals surface area contributed by atoms with Crippen LogP contribution in [-0.2, 0) is 4.74 Å². The molecule has 2 rings (SSSR count). The molecule has 6 nitrogen and oxygen atoms in total. The summed E-state index contributed by atoms with van der Waals surface area (Å²) in [5.41, 5.74) is 3.43. The largest absolute Gasteiger partial charge is 0.472 e. The monoisotopic (exact) mass is 252 g/mol. The summed E-state index contributed by atoms with van der Waals surface area (Å²) >= 11 is 0. The summed E-state index contributed by atoms with van der Waals surface area (Å²) in [5, 5.41) is 0. The molecular weight excluding hydrogens is 232 g/mol. The molecule has 1 aliphatic rings. The lowest BCUT2D eigenvalue weighted by Gasteiger charge is -2.16. The number of rotatable bonds is 6. The van der Waals surface area contributed by atoms with E-state index in [0.717, 1.165) is 24.2 Å². The lowest BCUT2D eigenvalue weighted by Crippen LogP contribution is -2.21. The van der Waals surface area contributed by atoms with E-state index in [2.05, 4.69) is 15.4 Å². The van der Waals surface area contributed by atoms with Crippen molar-refractivity contribution in [2.24, 2.45) is 5.84 Å². The highest BCUT2D eigenvalue weighted by Crippen LogP contribution is 2.39. The quantitative estimate of drug-likeness (QED) is 0.587. The van der Waals surface area contributed by atoms with Crippen molar-refractivity contribution in [1.29, 1.82) is 0 Å². The van der Waals surface area contributed by atoms with Crippen LogP contribution < -0.4 is 16.0 Å². The second-order valence-electron chi connectivity index (χ2n) is 4.66. The standard InChI is InChI=1S/C12H20N4O2/c1-7(6-17-3)18-12-8(2)10(16-13)14-11(15-12)9-4-5-9/h7,9H,4-6,13H2,1-3H3,(H,14,15,16). The van der Waals surface area contributed by atoms with E-state index in [0.29, 0.717) is 24.2 Å². The van der Waals surface area contributed by atoms with E-state index in [-0.39, 0.29) is 6.10 Å². The minimum Gasteiger partial charge on any atom is -0.472 e. The summed E-state index contributed by atoms with van der Waals surface area (Å²) < 4.78 is 10.8. The van der Waals surface area contributed by atoms with Crippen LogP contribution in [0.15, 0.2) is 0 Å². The Morgan fingerprint density at radius 3 is 2.72 bits per heavy atom. The van der Waals surface area contributed by atoms with Crippen molar-refractivity contribution in [3.63, 3.8) is 0 Å². The van der Waals surface area contributed by atoms with Crippen LogP contribution in [0.25, 0.3) is 0 Å². The Morgan fingerprint density at radius 2 is 2.17 bits per heavy atom. The Labute approximate surface area is 107 Å². The maximum atomic E-state index is 5.77. The lowest BCUT2D eigenvalue weighted by molar-refractivity contribution is 0.0882. The highest BCUT2D eigenvalue weighted by Gasteiger charge is 2.28. The Bertz CT molecular complexity index is 421. The van der Waals surface area contributed by atoms with Gasteiger partial charge in [-0.15, -0.1) is 0 Å². The SMILES string of the molecule is COCC(C)Oc1nc(C2CC2)nc(NN)c1C. The first-order chi connectivity index (χ1) is 8.65. The zero-order valence-electron chi connectivity index (χ0n) is 11.1. The van der Waals surface area contributed by atoms with Crippen LogP contribution in [0, 0.1) is 6.92 Å². The van der Waals surface area contributed by atoms with Crippen molar-refractivity contribution in [2.45, 2.75) is 38.7 Å². The molecule has 0 bridgehead atoms. The predicted octanol–water partition coefficient (Wildman–Crippen LogP) is 1.36. The van der Waals surface area contributed by atoms with Crippen LogP contribution in [0.4, 0.5) is 5.82 Å². The zero-order chi connectivity index (χ0) is 13.1. The fraction of sp³-hybridized carbons (Fsp3) is 0.667. The molecular formula is C12H20N4O2. The van der Waals surface area contributed by atoms with Crippen molar-refractivity contribution in [2.75, 3.05) is 19.1 Å². The molecule has 0 radical (unpaired) electrons. The molecule has 3 N–H and O–H groups in total. The van der Waals surface area contributed by atoms with E-state index in [9.17, 15) is 0 Å². The number of nitrogen functional groups attached to an aromatic ring is 1. The highest BCUT2D eigenvalue weighted by atomic mass is 16.5. The van der Waals surface area contributed by atoms with Gasteiger partial charge in [0.15, 0.2) is 0 Å². The first-order valence-corrected chi connectivity index (χ1v) is 6.16. The van der Waals surface area contributed by atoms with Crippen LogP contribution in [0.2, 0.25) is 0 Å². The number of hydrazine groups is 1. The number of ether oxygens (including phenoxy) is 2. The lowest BCUT2D eigenvalue weighted by atomic mass is 10.3. The van der Waals surface area contributed by atoms with Crippen molar-refractivity contribution >= 4 is 5.82 Å². The number of nitrogens with one attached hydrogen (secondary N) is 1. The maximum absolute atomic E-state index is 5.77. The molecule has 6 heteroatoms. The van der Waals surface area contributed by atoms with E-state index in [4.69, 9.17) is 15.3 Å². The molecule has 1 fully saturated rings. The molecule has 0 spiro atoms. The normalized spacial score (nSPS) is 16.4. The van der Waals surface area contributed by atoms with Crippen LogP contribution in [0.1, 0.15) is 37.1 Å². The molecule has 0 aliphatic heterocycles. The van der Waals surface area contributed by atoms with Crippen LogP contribution in [0.3, 0.4) is 0 Å². The molecule has 0 saturated heterocycles. The molecule has 1 aromatic rings. The van der Waals surface area contributed by atoms with Crippen molar-refractivity contribution in [3.05, 3.63) is 11.4 Å². The zero-order valence-corrected chi connectivity index (χ0v) is 11.1. The first-order valence-electron chi connectivity index (χ1n) is 6.16. The van der Waals surface area contributed by atoms with Gasteiger partial charge in [0.25, 0.3) is 0 Å². The first kappa shape index (κ1) is 13.0. The molecule has 1 unspecified atom stereocenters. The van der Waals surface area contributed by atoms with Crippen LogP contribution >= 0.6 is 0 Å². The Hall–Kier alpha value is -1.40. The molecule has 18 heavy (non-hydrogen) atoms. The smallest absolute Gasteiger partial charge is 0.222 e. The third-order valence-electron chi connectivity index (χ3n) is 2.91. The van der Waals surface area contributed by atoms with E-state index in [1.54, 1.807) is 7.11 Å². The van der Waals surface area contributed by atoms with Gasteiger partial charge in [-0.25, -0.2) is 10.8 Å². The third-order valence-corrected chi connectivity index (χ3v) is 2.91. The molecule has 0 aromatic carbocycles. The topological polar surface area (TPSA) is 82.3 Å². The van der Waals surface area contributed by atoms with E-state index < -0.39 is 0 Å². The van der Waals surface area contributed by atoms with Crippen LogP contribution in [0.5, 0.6) is 5.88 Å². The number of anilines is 1. The fourth-order valence-corrected chi connectivity index (χ4v) is 1.75. The molecule has 1 atom stereocenters. The maximum Gasteiger partial charge on any atom is 0.222 e.